The molecule has 0 bridgehead atoms. The highest BCUT2D eigenvalue weighted by atomic mass is 32.2. The van der Waals surface area contributed by atoms with Crippen molar-refractivity contribution >= 4 is 29.5 Å². The summed E-state index contributed by atoms with van der Waals surface area (Å²) >= 11 is 4.21. The molecular weight excluding hydrogens is 288 g/mol. The van der Waals surface area contributed by atoms with E-state index in [4.69, 9.17) is 4.74 Å². The minimum Gasteiger partial charge on any atom is -0.466 e. The first-order chi connectivity index (χ1) is 9.43. The van der Waals surface area contributed by atoms with Crippen LogP contribution < -0.4 is 0 Å². The highest BCUT2D eigenvalue weighted by Crippen LogP contribution is 2.59. The molecule has 2 nitrogen and oxygen atoms in total. The van der Waals surface area contributed by atoms with Crippen molar-refractivity contribution in [2.75, 3.05) is 18.1 Å². The van der Waals surface area contributed by atoms with Crippen molar-refractivity contribution in [1.82, 2.24) is 0 Å². The Hall–Kier alpha value is -0.0900. The molecule has 0 aromatic heterocycles. The SMILES string of the molecule is C=C(C)[C@H]1CC2(CC[C@]1(C)C(=O)OCC)SCCCS2. The zero-order valence-corrected chi connectivity index (χ0v) is 14.5. The fraction of sp³-hybridized carbons (Fsp3) is 0.812. The molecule has 1 spiro atoms. The molecule has 0 N–H and O–H groups in total. The summed E-state index contributed by atoms with van der Waals surface area (Å²) in [5, 5.41) is 0. The Morgan fingerprint density at radius 1 is 1.35 bits per heavy atom. The van der Waals surface area contributed by atoms with Crippen LogP contribution in [0.15, 0.2) is 12.2 Å². The van der Waals surface area contributed by atoms with Crippen LogP contribution in [0.1, 0.15) is 46.5 Å². The quantitative estimate of drug-likeness (QED) is 0.566. The smallest absolute Gasteiger partial charge is 0.312 e. The van der Waals surface area contributed by atoms with Gasteiger partial charge in [0.25, 0.3) is 0 Å². The van der Waals surface area contributed by atoms with E-state index in [1.54, 1.807) is 0 Å². The molecule has 2 rings (SSSR count). The lowest BCUT2D eigenvalue weighted by Gasteiger charge is -2.49. The summed E-state index contributed by atoms with van der Waals surface area (Å²) in [4.78, 5) is 12.4. The van der Waals surface area contributed by atoms with Crippen molar-refractivity contribution in [2.24, 2.45) is 11.3 Å². The minimum absolute atomic E-state index is 0.0336. The van der Waals surface area contributed by atoms with Crippen LogP contribution in [-0.4, -0.2) is 28.2 Å². The Morgan fingerprint density at radius 3 is 2.55 bits per heavy atom. The van der Waals surface area contributed by atoms with Crippen LogP contribution in [0, 0.1) is 11.3 Å². The second kappa shape index (κ2) is 6.35. The van der Waals surface area contributed by atoms with Gasteiger partial charge in [-0.05, 0) is 63.9 Å². The molecule has 1 aliphatic heterocycles. The fourth-order valence-electron chi connectivity index (χ4n) is 3.40. The maximum absolute atomic E-state index is 12.4. The number of allylic oxidation sites excluding steroid dienone is 1. The van der Waals surface area contributed by atoms with Crippen molar-refractivity contribution in [3.63, 3.8) is 0 Å². The number of hydrogen-bond donors (Lipinski definition) is 0. The zero-order chi connectivity index (χ0) is 14.8. The topological polar surface area (TPSA) is 26.3 Å². The van der Waals surface area contributed by atoms with Gasteiger partial charge < -0.3 is 4.74 Å². The molecule has 1 aliphatic carbocycles. The lowest BCUT2D eigenvalue weighted by molar-refractivity contribution is -0.159. The van der Waals surface area contributed by atoms with Gasteiger partial charge >= 0.3 is 5.97 Å². The summed E-state index contributed by atoms with van der Waals surface area (Å²) in [5.74, 6) is 2.72. The van der Waals surface area contributed by atoms with Gasteiger partial charge in [-0.25, -0.2) is 0 Å². The molecule has 2 fully saturated rings. The monoisotopic (exact) mass is 314 g/mol. The number of esters is 1. The third-order valence-electron chi connectivity index (χ3n) is 4.66. The molecule has 0 radical (unpaired) electrons. The fourth-order valence-corrected chi connectivity index (χ4v) is 6.80. The summed E-state index contributed by atoms with van der Waals surface area (Å²) in [6.07, 6.45) is 4.40. The largest absolute Gasteiger partial charge is 0.466 e. The Balaban J connectivity index is 2.20. The predicted molar refractivity (Wildman–Crippen MR) is 89.2 cm³/mol. The van der Waals surface area contributed by atoms with Crippen molar-refractivity contribution in [2.45, 2.75) is 50.5 Å². The standard InChI is InChI=1S/C16H26O2S2/c1-5-18-14(17)15(4)7-8-16(11-13(15)12(2)3)19-9-6-10-20-16/h13H,2,5-11H2,1,3-4H3/t13-,15+/m1/s1. The maximum atomic E-state index is 12.4. The van der Waals surface area contributed by atoms with Gasteiger partial charge in [-0.2, -0.15) is 0 Å². The Kier molecular flexibility index (Phi) is 5.17. The van der Waals surface area contributed by atoms with Gasteiger partial charge in [0, 0.05) is 0 Å². The Labute approximate surface area is 131 Å². The van der Waals surface area contributed by atoms with Crippen molar-refractivity contribution < 1.29 is 9.53 Å². The summed E-state index contributed by atoms with van der Waals surface area (Å²) in [7, 11) is 0. The van der Waals surface area contributed by atoms with Crippen molar-refractivity contribution in [1.29, 1.82) is 0 Å². The van der Waals surface area contributed by atoms with E-state index in [9.17, 15) is 4.79 Å². The average molecular weight is 315 g/mol. The van der Waals surface area contributed by atoms with Crippen LogP contribution in [0.5, 0.6) is 0 Å². The molecule has 0 aromatic rings. The van der Waals surface area contributed by atoms with Crippen LogP contribution in [-0.2, 0) is 9.53 Å². The van der Waals surface area contributed by atoms with Gasteiger partial charge in [0.15, 0.2) is 0 Å². The molecule has 0 unspecified atom stereocenters. The summed E-state index contributed by atoms with van der Waals surface area (Å²) in [6.45, 7) is 10.7. The number of carbonyl (C=O) groups excluding carboxylic acids is 1. The summed E-state index contributed by atoms with van der Waals surface area (Å²) in [5.41, 5.74) is 0.748. The molecule has 4 heteroatoms. The molecule has 20 heavy (non-hydrogen) atoms. The normalized spacial score (nSPS) is 32.9. The highest BCUT2D eigenvalue weighted by molar-refractivity contribution is 8.18. The number of rotatable bonds is 3. The Morgan fingerprint density at radius 2 is 2.00 bits per heavy atom. The molecule has 1 heterocycles. The molecule has 1 saturated heterocycles. The van der Waals surface area contributed by atoms with E-state index in [1.165, 1.54) is 17.9 Å². The van der Waals surface area contributed by atoms with Gasteiger partial charge in [-0.15, -0.1) is 23.5 Å². The first-order valence-electron chi connectivity index (χ1n) is 7.54. The zero-order valence-electron chi connectivity index (χ0n) is 12.9. The molecule has 114 valence electrons. The highest BCUT2D eigenvalue weighted by Gasteiger charge is 2.52. The van der Waals surface area contributed by atoms with E-state index in [1.807, 2.05) is 6.92 Å². The molecule has 2 aliphatic rings. The second-order valence-electron chi connectivity index (χ2n) is 6.20. The Bertz CT molecular complexity index is 388. The summed E-state index contributed by atoms with van der Waals surface area (Å²) in [6, 6.07) is 0. The van der Waals surface area contributed by atoms with E-state index >= 15 is 0 Å². The molecule has 0 aromatic carbocycles. The summed E-state index contributed by atoms with van der Waals surface area (Å²) < 4.78 is 5.66. The first-order valence-corrected chi connectivity index (χ1v) is 9.51. The van der Waals surface area contributed by atoms with Crippen LogP contribution in [0.25, 0.3) is 0 Å². The van der Waals surface area contributed by atoms with E-state index in [0.717, 1.165) is 24.8 Å². The third kappa shape index (κ3) is 3.06. The van der Waals surface area contributed by atoms with E-state index in [0.29, 0.717) is 10.7 Å². The van der Waals surface area contributed by atoms with Gasteiger partial charge in [0.05, 0.1) is 16.1 Å². The van der Waals surface area contributed by atoms with Crippen molar-refractivity contribution in [3.05, 3.63) is 12.2 Å². The number of carbonyl (C=O) groups is 1. The average Bonchev–Trinajstić information content (AvgIpc) is 2.43. The van der Waals surface area contributed by atoms with Crippen molar-refractivity contribution in [3.8, 4) is 0 Å². The van der Waals surface area contributed by atoms with E-state index < -0.39 is 0 Å². The molecule has 1 saturated carbocycles. The maximum Gasteiger partial charge on any atom is 0.312 e. The second-order valence-corrected chi connectivity index (χ2v) is 9.42. The number of thioether (sulfide) groups is 2. The van der Waals surface area contributed by atoms with Crippen LogP contribution in [0.4, 0.5) is 0 Å². The third-order valence-corrected chi connectivity index (χ3v) is 8.15. The first kappa shape index (κ1) is 16.3. The molecule has 2 atom stereocenters. The number of hydrogen-bond acceptors (Lipinski definition) is 4. The van der Waals surface area contributed by atoms with E-state index in [2.05, 4.69) is 44.0 Å². The van der Waals surface area contributed by atoms with Crippen LogP contribution in [0.3, 0.4) is 0 Å². The van der Waals surface area contributed by atoms with Gasteiger partial charge in [-0.1, -0.05) is 12.2 Å². The lowest BCUT2D eigenvalue weighted by Crippen LogP contribution is -2.47. The minimum atomic E-state index is -0.383. The van der Waals surface area contributed by atoms with Gasteiger partial charge in [-0.3, -0.25) is 4.79 Å². The van der Waals surface area contributed by atoms with Gasteiger partial charge in [0.2, 0.25) is 0 Å². The molecular formula is C16H26O2S2. The van der Waals surface area contributed by atoms with Crippen LogP contribution >= 0.6 is 23.5 Å². The molecule has 0 amide bonds. The number of ether oxygens (including phenoxy) is 1. The van der Waals surface area contributed by atoms with E-state index in [-0.39, 0.29) is 17.3 Å². The van der Waals surface area contributed by atoms with Gasteiger partial charge in [0.1, 0.15) is 0 Å². The lowest BCUT2D eigenvalue weighted by atomic mass is 9.64. The predicted octanol–water partition coefficient (Wildman–Crippen LogP) is 4.50. The van der Waals surface area contributed by atoms with Crippen LogP contribution in [0.2, 0.25) is 0 Å².